The molecule has 3 heteroatoms. The zero-order chi connectivity index (χ0) is 8.27. The normalized spacial score (nSPS) is 23.3. The molecule has 0 aromatic heterocycles. The molecule has 0 aromatic carbocycles. The quantitative estimate of drug-likeness (QED) is 0.609. The van der Waals surface area contributed by atoms with Gasteiger partial charge in [0.25, 0.3) is 0 Å². The molecule has 62 valence electrons. The molecule has 1 atom stereocenters. The highest BCUT2D eigenvalue weighted by Crippen LogP contribution is 2.16. The van der Waals surface area contributed by atoms with E-state index in [1.807, 2.05) is 0 Å². The Balaban J connectivity index is 2.35. The zero-order valence-corrected chi connectivity index (χ0v) is 6.54. The second kappa shape index (κ2) is 3.53. The zero-order valence-electron chi connectivity index (χ0n) is 6.54. The van der Waals surface area contributed by atoms with Crippen LogP contribution in [0.25, 0.3) is 0 Å². The van der Waals surface area contributed by atoms with Crippen LogP contribution in [0.4, 0.5) is 0 Å². The SMILES string of the molecule is CC1=C[C@H](CCCO)OC1=O. The largest absolute Gasteiger partial charge is 0.455 e. The first-order valence-corrected chi connectivity index (χ1v) is 3.74. The maximum atomic E-state index is 10.8. The average molecular weight is 156 g/mol. The fourth-order valence-corrected chi connectivity index (χ4v) is 1.05. The Morgan fingerprint density at radius 2 is 2.45 bits per heavy atom. The van der Waals surface area contributed by atoms with Crippen LogP contribution in [-0.4, -0.2) is 23.8 Å². The van der Waals surface area contributed by atoms with Gasteiger partial charge in [-0.05, 0) is 25.8 Å². The van der Waals surface area contributed by atoms with Crippen LogP contribution in [0.2, 0.25) is 0 Å². The van der Waals surface area contributed by atoms with Gasteiger partial charge in [0.15, 0.2) is 0 Å². The smallest absolute Gasteiger partial charge is 0.334 e. The molecule has 0 fully saturated rings. The highest BCUT2D eigenvalue weighted by Gasteiger charge is 2.20. The maximum absolute atomic E-state index is 10.8. The molecule has 3 nitrogen and oxygen atoms in total. The maximum Gasteiger partial charge on any atom is 0.334 e. The number of hydrogen-bond acceptors (Lipinski definition) is 3. The molecule has 1 aliphatic heterocycles. The summed E-state index contributed by atoms with van der Waals surface area (Å²) in [7, 11) is 0. The number of cyclic esters (lactones) is 1. The summed E-state index contributed by atoms with van der Waals surface area (Å²) in [6.07, 6.45) is 3.11. The summed E-state index contributed by atoms with van der Waals surface area (Å²) in [5.74, 6) is -0.229. The van der Waals surface area contributed by atoms with Gasteiger partial charge in [0.1, 0.15) is 6.10 Å². The molecule has 0 radical (unpaired) electrons. The summed E-state index contributed by atoms with van der Waals surface area (Å²) >= 11 is 0. The lowest BCUT2D eigenvalue weighted by Gasteiger charge is -2.05. The molecule has 0 aliphatic carbocycles. The van der Waals surface area contributed by atoms with E-state index in [1.165, 1.54) is 0 Å². The molecule has 0 spiro atoms. The van der Waals surface area contributed by atoms with Gasteiger partial charge in [-0.3, -0.25) is 0 Å². The van der Waals surface area contributed by atoms with Crippen molar-refractivity contribution in [3.63, 3.8) is 0 Å². The summed E-state index contributed by atoms with van der Waals surface area (Å²) in [5, 5.41) is 8.50. The standard InChI is InChI=1S/C8H12O3/c1-6-5-7(3-2-4-9)11-8(6)10/h5,7,9H,2-4H2,1H3/t7-/m0/s1. The van der Waals surface area contributed by atoms with Crippen LogP contribution in [0.1, 0.15) is 19.8 Å². The third kappa shape index (κ3) is 2.05. The molecule has 0 bridgehead atoms. The van der Waals surface area contributed by atoms with Crippen molar-refractivity contribution >= 4 is 5.97 Å². The number of ether oxygens (including phenoxy) is 1. The molecule has 0 saturated heterocycles. The summed E-state index contributed by atoms with van der Waals surface area (Å²) in [4.78, 5) is 10.8. The van der Waals surface area contributed by atoms with Crippen LogP contribution < -0.4 is 0 Å². The lowest BCUT2D eigenvalue weighted by atomic mass is 10.2. The van der Waals surface area contributed by atoms with E-state index >= 15 is 0 Å². The minimum atomic E-state index is -0.229. The van der Waals surface area contributed by atoms with Crippen molar-refractivity contribution < 1.29 is 14.6 Å². The second-order valence-corrected chi connectivity index (χ2v) is 2.66. The predicted octanol–water partition coefficient (Wildman–Crippen LogP) is 0.631. The van der Waals surface area contributed by atoms with E-state index < -0.39 is 0 Å². The Morgan fingerprint density at radius 1 is 1.73 bits per heavy atom. The van der Waals surface area contributed by atoms with Crippen LogP contribution in [0.15, 0.2) is 11.6 Å². The second-order valence-electron chi connectivity index (χ2n) is 2.66. The molecule has 1 rings (SSSR count). The third-order valence-electron chi connectivity index (χ3n) is 1.66. The fraction of sp³-hybridized carbons (Fsp3) is 0.625. The van der Waals surface area contributed by atoms with E-state index in [1.54, 1.807) is 13.0 Å². The summed E-state index contributed by atoms with van der Waals surface area (Å²) < 4.78 is 4.93. The van der Waals surface area contributed by atoms with Gasteiger partial charge in [-0.1, -0.05) is 0 Å². The molecule has 11 heavy (non-hydrogen) atoms. The average Bonchev–Trinajstić information content (AvgIpc) is 2.28. The first kappa shape index (κ1) is 8.27. The van der Waals surface area contributed by atoms with Gasteiger partial charge < -0.3 is 9.84 Å². The number of hydrogen-bond donors (Lipinski definition) is 1. The molecule has 1 N–H and O–H groups in total. The highest BCUT2D eigenvalue weighted by atomic mass is 16.5. The van der Waals surface area contributed by atoms with Crippen LogP contribution in [0, 0.1) is 0 Å². The Labute approximate surface area is 65.7 Å². The van der Waals surface area contributed by atoms with E-state index in [-0.39, 0.29) is 18.7 Å². The minimum absolute atomic E-state index is 0.102. The van der Waals surface area contributed by atoms with Gasteiger partial charge in [0, 0.05) is 12.2 Å². The summed E-state index contributed by atoms with van der Waals surface area (Å²) in [5.41, 5.74) is 0.674. The van der Waals surface area contributed by atoms with E-state index in [4.69, 9.17) is 9.84 Å². The molecule has 1 heterocycles. The van der Waals surface area contributed by atoms with Crippen molar-refractivity contribution in [2.24, 2.45) is 0 Å². The Morgan fingerprint density at radius 3 is 2.91 bits per heavy atom. The number of carbonyl (C=O) groups excluding carboxylic acids is 1. The number of carbonyl (C=O) groups is 1. The van der Waals surface area contributed by atoms with Gasteiger partial charge in [0.2, 0.25) is 0 Å². The monoisotopic (exact) mass is 156 g/mol. The van der Waals surface area contributed by atoms with Crippen LogP contribution in [0.3, 0.4) is 0 Å². The van der Waals surface area contributed by atoms with E-state index in [2.05, 4.69) is 0 Å². The van der Waals surface area contributed by atoms with Gasteiger partial charge in [0.05, 0.1) is 0 Å². The number of rotatable bonds is 3. The van der Waals surface area contributed by atoms with Crippen molar-refractivity contribution in [2.45, 2.75) is 25.9 Å². The van der Waals surface area contributed by atoms with Crippen LogP contribution >= 0.6 is 0 Å². The van der Waals surface area contributed by atoms with Crippen molar-refractivity contribution in [3.05, 3.63) is 11.6 Å². The van der Waals surface area contributed by atoms with E-state index in [0.29, 0.717) is 12.0 Å². The van der Waals surface area contributed by atoms with Gasteiger partial charge in [-0.2, -0.15) is 0 Å². The van der Waals surface area contributed by atoms with Gasteiger partial charge in [-0.15, -0.1) is 0 Å². The molecule has 0 amide bonds. The predicted molar refractivity (Wildman–Crippen MR) is 40.0 cm³/mol. The van der Waals surface area contributed by atoms with Crippen molar-refractivity contribution in [2.75, 3.05) is 6.61 Å². The van der Waals surface area contributed by atoms with Crippen molar-refractivity contribution in [3.8, 4) is 0 Å². The summed E-state index contributed by atoms with van der Waals surface area (Å²) in [6, 6.07) is 0. The van der Waals surface area contributed by atoms with Crippen LogP contribution in [-0.2, 0) is 9.53 Å². The molecular formula is C8H12O3. The molecule has 1 aliphatic rings. The van der Waals surface area contributed by atoms with Gasteiger partial charge in [-0.25, -0.2) is 4.79 Å². The Bertz CT molecular complexity index is 184. The van der Waals surface area contributed by atoms with Crippen molar-refractivity contribution in [1.29, 1.82) is 0 Å². The fourth-order valence-electron chi connectivity index (χ4n) is 1.05. The number of esters is 1. The molecule has 0 saturated carbocycles. The lowest BCUT2D eigenvalue weighted by Crippen LogP contribution is -2.08. The minimum Gasteiger partial charge on any atom is -0.455 e. The van der Waals surface area contributed by atoms with Gasteiger partial charge >= 0.3 is 5.97 Å². The molecular weight excluding hydrogens is 144 g/mol. The lowest BCUT2D eigenvalue weighted by molar-refractivity contribution is -0.139. The first-order chi connectivity index (χ1) is 5.24. The number of aliphatic hydroxyl groups is 1. The number of aliphatic hydroxyl groups excluding tert-OH is 1. The van der Waals surface area contributed by atoms with Crippen molar-refractivity contribution in [1.82, 2.24) is 0 Å². The van der Waals surface area contributed by atoms with Crippen LogP contribution in [0.5, 0.6) is 0 Å². The third-order valence-corrected chi connectivity index (χ3v) is 1.66. The van der Waals surface area contributed by atoms with E-state index in [0.717, 1.165) is 6.42 Å². The van der Waals surface area contributed by atoms with E-state index in [9.17, 15) is 4.79 Å². The Kier molecular flexibility index (Phi) is 2.65. The first-order valence-electron chi connectivity index (χ1n) is 3.74. The Hall–Kier alpha value is -0.830. The topological polar surface area (TPSA) is 46.5 Å². The molecule has 0 unspecified atom stereocenters. The highest BCUT2D eigenvalue weighted by molar-refractivity contribution is 5.90. The summed E-state index contributed by atoms with van der Waals surface area (Å²) in [6.45, 7) is 1.89. The molecule has 0 aromatic rings.